The van der Waals surface area contributed by atoms with E-state index >= 15 is 0 Å². The van der Waals surface area contributed by atoms with E-state index in [4.69, 9.17) is 0 Å². The molecule has 88 valence electrons. The van der Waals surface area contributed by atoms with Crippen molar-refractivity contribution in [2.24, 2.45) is 5.92 Å². The topological polar surface area (TPSA) is 17.1 Å². The second-order valence-corrected chi connectivity index (χ2v) is 5.85. The quantitative estimate of drug-likeness (QED) is 0.504. The lowest BCUT2D eigenvalue weighted by atomic mass is 9.93. The van der Waals surface area contributed by atoms with Crippen LogP contribution in [-0.2, 0) is 4.79 Å². The van der Waals surface area contributed by atoms with Gasteiger partial charge in [0.05, 0.1) is 0 Å². The van der Waals surface area contributed by atoms with Crippen LogP contribution in [-0.4, -0.2) is 17.3 Å². The van der Waals surface area contributed by atoms with Crippen LogP contribution >= 0.6 is 11.8 Å². The van der Waals surface area contributed by atoms with E-state index in [0.29, 0.717) is 11.7 Å². The van der Waals surface area contributed by atoms with E-state index in [0.717, 1.165) is 19.3 Å². The molecule has 0 saturated heterocycles. The number of rotatable bonds is 6. The van der Waals surface area contributed by atoms with Crippen molar-refractivity contribution in [3.05, 3.63) is 0 Å². The Morgan fingerprint density at radius 1 is 1.27 bits per heavy atom. The molecule has 1 unspecified atom stereocenters. The molecule has 1 fully saturated rings. The van der Waals surface area contributed by atoms with Crippen LogP contribution in [0.15, 0.2) is 0 Å². The van der Waals surface area contributed by atoms with Gasteiger partial charge in [-0.3, -0.25) is 4.79 Å². The minimum absolute atomic E-state index is 0.416. The molecule has 0 aliphatic heterocycles. The second-order valence-electron chi connectivity index (χ2n) is 4.46. The Balaban J connectivity index is 2.10. The molecule has 0 aromatic carbocycles. The van der Waals surface area contributed by atoms with Crippen molar-refractivity contribution in [2.75, 3.05) is 11.5 Å². The van der Waals surface area contributed by atoms with Gasteiger partial charge in [-0.05, 0) is 37.2 Å². The summed E-state index contributed by atoms with van der Waals surface area (Å²) in [5, 5.41) is 0. The molecule has 0 heterocycles. The predicted octanol–water partition coefficient (Wildman–Crippen LogP) is 4.06. The van der Waals surface area contributed by atoms with Gasteiger partial charge in [-0.1, -0.05) is 26.2 Å². The summed E-state index contributed by atoms with van der Waals surface area (Å²) in [5.74, 6) is 3.47. The van der Waals surface area contributed by atoms with Gasteiger partial charge in [-0.25, -0.2) is 0 Å². The lowest BCUT2D eigenvalue weighted by Crippen LogP contribution is -2.12. The molecule has 0 N–H and O–H groups in total. The molecule has 0 amide bonds. The maximum Gasteiger partial charge on any atom is 0.135 e. The van der Waals surface area contributed by atoms with E-state index in [2.05, 4.69) is 6.92 Å². The standard InChI is InChI=1S/C13H24OS/c1-2-15-11-7-6-9-12-8-4-3-5-10-13(12)14/h12H,2-11H2,1H3. The number of carbonyl (C=O) groups excluding carboxylic acids is 1. The number of ketones is 1. The van der Waals surface area contributed by atoms with Crippen LogP contribution in [0.3, 0.4) is 0 Å². The molecular formula is C13H24OS. The first-order chi connectivity index (χ1) is 7.34. The lowest BCUT2D eigenvalue weighted by Gasteiger charge is -2.12. The molecule has 0 bridgehead atoms. The highest BCUT2D eigenvalue weighted by Gasteiger charge is 2.19. The normalized spacial score (nSPS) is 22.7. The van der Waals surface area contributed by atoms with E-state index in [1.807, 2.05) is 11.8 Å². The van der Waals surface area contributed by atoms with E-state index in [1.54, 1.807) is 0 Å². The molecule has 15 heavy (non-hydrogen) atoms. The van der Waals surface area contributed by atoms with Gasteiger partial charge in [0, 0.05) is 12.3 Å². The molecule has 2 heteroatoms. The van der Waals surface area contributed by atoms with Gasteiger partial charge in [0.25, 0.3) is 0 Å². The monoisotopic (exact) mass is 228 g/mol. The van der Waals surface area contributed by atoms with Crippen molar-refractivity contribution in [2.45, 2.75) is 58.3 Å². The Labute approximate surface area is 98.4 Å². The summed E-state index contributed by atoms with van der Waals surface area (Å²) in [7, 11) is 0. The van der Waals surface area contributed by atoms with Gasteiger partial charge in [-0.2, -0.15) is 11.8 Å². The number of carbonyl (C=O) groups is 1. The highest BCUT2D eigenvalue weighted by Crippen LogP contribution is 2.24. The van der Waals surface area contributed by atoms with Crippen molar-refractivity contribution >= 4 is 17.5 Å². The Morgan fingerprint density at radius 3 is 2.93 bits per heavy atom. The summed E-state index contributed by atoms with van der Waals surface area (Å²) in [6.45, 7) is 2.21. The van der Waals surface area contributed by atoms with Crippen molar-refractivity contribution in [1.29, 1.82) is 0 Å². The highest BCUT2D eigenvalue weighted by atomic mass is 32.2. The van der Waals surface area contributed by atoms with Gasteiger partial charge in [0.2, 0.25) is 0 Å². The lowest BCUT2D eigenvalue weighted by molar-refractivity contribution is -0.122. The molecule has 1 aliphatic rings. The SMILES string of the molecule is CCSCCCCC1CCCCCC1=O. The third-order valence-electron chi connectivity index (χ3n) is 3.23. The first-order valence-corrected chi connectivity index (χ1v) is 7.60. The van der Waals surface area contributed by atoms with Crippen molar-refractivity contribution in [3.63, 3.8) is 0 Å². The zero-order valence-corrected chi connectivity index (χ0v) is 10.8. The maximum atomic E-state index is 11.7. The fourth-order valence-electron chi connectivity index (χ4n) is 2.28. The number of unbranched alkanes of at least 4 members (excludes halogenated alkanes) is 1. The average molecular weight is 228 g/mol. The minimum Gasteiger partial charge on any atom is -0.299 e. The molecule has 0 spiro atoms. The summed E-state index contributed by atoms with van der Waals surface area (Å²) >= 11 is 2.01. The molecule has 1 aliphatic carbocycles. The predicted molar refractivity (Wildman–Crippen MR) is 68.4 cm³/mol. The fraction of sp³-hybridized carbons (Fsp3) is 0.923. The second kappa shape index (κ2) is 8.20. The van der Waals surface area contributed by atoms with Gasteiger partial charge in [0.1, 0.15) is 5.78 Å². The zero-order valence-electron chi connectivity index (χ0n) is 9.96. The number of hydrogen-bond donors (Lipinski definition) is 0. The third-order valence-corrected chi connectivity index (χ3v) is 4.21. The first-order valence-electron chi connectivity index (χ1n) is 6.45. The van der Waals surface area contributed by atoms with Crippen LogP contribution < -0.4 is 0 Å². The molecular weight excluding hydrogens is 204 g/mol. The molecule has 1 atom stereocenters. The summed E-state index contributed by atoms with van der Waals surface area (Å²) in [6.07, 6.45) is 9.41. The van der Waals surface area contributed by atoms with Crippen LogP contribution in [0.2, 0.25) is 0 Å². The van der Waals surface area contributed by atoms with E-state index in [9.17, 15) is 4.79 Å². The van der Waals surface area contributed by atoms with Crippen LogP contribution in [0.5, 0.6) is 0 Å². The van der Waals surface area contributed by atoms with Gasteiger partial charge >= 0.3 is 0 Å². The molecule has 1 rings (SSSR count). The number of hydrogen-bond acceptors (Lipinski definition) is 2. The molecule has 0 aromatic rings. The minimum atomic E-state index is 0.416. The molecule has 1 nitrogen and oxygen atoms in total. The van der Waals surface area contributed by atoms with Gasteiger partial charge < -0.3 is 0 Å². The number of thioether (sulfide) groups is 1. The summed E-state index contributed by atoms with van der Waals surface area (Å²) in [4.78, 5) is 11.7. The fourth-order valence-corrected chi connectivity index (χ4v) is 2.97. The Morgan fingerprint density at radius 2 is 2.13 bits per heavy atom. The summed E-state index contributed by atoms with van der Waals surface area (Å²) in [6, 6.07) is 0. The third kappa shape index (κ3) is 5.60. The largest absolute Gasteiger partial charge is 0.299 e. The molecule has 0 aromatic heterocycles. The smallest absolute Gasteiger partial charge is 0.135 e. The van der Waals surface area contributed by atoms with E-state index in [-0.39, 0.29) is 0 Å². The van der Waals surface area contributed by atoms with Crippen LogP contribution in [0.1, 0.15) is 58.3 Å². The maximum absolute atomic E-state index is 11.7. The van der Waals surface area contributed by atoms with Gasteiger partial charge in [0.15, 0.2) is 0 Å². The zero-order chi connectivity index (χ0) is 10.9. The molecule has 1 saturated carbocycles. The molecule has 0 radical (unpaired) electrons. The van der Waals surface area contributed by atoms with Crippen LogP contribution in [0, 0.1) is 5.92 Å². The summed E-state index contributed by atoms with van der Waals surface area (Å²) < 4.78 is 0. The van der Waals surface area contributed by atoms with Crippen LogP contribution in [0.4, 0.5) is 0 Å². The van der Waals surface area contributed by atoms with Gasteiger partial charge in [-0.15, -0.1) is 0 Å². The summed E-state index contributed by atoms with van der Waals surface area (Å²) in [5.41, 5.74) is 0. The van der Waals surface area contributed by atoms with E-state index in [1.165, 1.54) is 43.6 Å². The number of Topliss-reactive ketones (excluding diaryl/α,β-unsaturated/α-hetero) is 1. The Kier molecular flexibility index (Phi) is 7.16. The Bertz CT molecular complexity index is 179. The van der Waals surface area contributed by atoms with Crippen molar-refractivity contribution < 1.29 is 4.79 Å². The Hall–Kier alpha value is 0.0200. The van der Waals surface area contributed by atoms with Crippen LogP contribution in [0.25, 0.3) is 0 Å². The first kappa shape index (κ1) is 13.1. The van der Waals surface area contributed by atoms with E-state index < -0.39 is 0 Å². The highest BCUT2D eigenvalue weighted by molar-refractivity contribution is 7.99. The van der Waals surface area contributed by atoms with Crippen molar-refractivity contribution in [1.82, 2.24) is 0 Å². The average Bonchev–Trinajstić information content (AvgIpc) is 2.44. The van der Waals surface area contributed by atoms with Crippen molar-refractivity contribution in [3.8, 4) is 0 Å².